The van der Waals surface area contributed by atoms with E-state index in [-0.39, 0.29) is 11.5 Å². The average Bonchev–Trinajstić information content (AvgIpc) is 2.66. The third-order valence-electron chi connectivity index (χ3n) is 5.42. The van der Waals surface area contributed by atoms with Crippen LogP contribution in [0, 0.1) is 12.8 Å². The third-order valence-corrected chi connectivity index (χ3v) is 5.42. The lowest BCUT2D eigenvalue weighted by Gasteiger charge is -2.22. The van der Waals surface area contributed by atoms with Gasteiger partial charge in [-0.2, -0.15) is 0 Å². The summed E-state index contributed by atoms with van der Waals surface area (Å²) < 4.78 is 11.5. The number of hydrogen-bond donors (Lipinski definition) is 2. The van der Waals surface area contributed by atoms with Crippen molar-refractivity contribution >= 4 is 22.8 Å². The van der Waals surface area contributed by atoms with Crippen molar-refractivity contribution in [3.63, 3.8) is 0 Å². The van der Waals surface area contributed by atoms with Crippen LogP contribution in [0.1, 0.15) is 56.7 Å². The molecule has 1 aliphatic carbocycles. The van der Waals surface area contributed by atoms with E-state index >= 15 is 0 Å². The minimum Gasteiger partial charge on any atom is -0.480 e. The van der Waals surface area contributed by atoms with Crippen molar-refractivity contribution < 1.29 is 23.8 Å². The quantitative estimate of drug-likeness (QED) is 0.672. The summed E-state index contributed by atoms with van der Waals surface area (Å²) in [5.41, 5.74) is 2.59. The molecule has 2 atom stereocenters. The Hall–Kier alpha value is -2.83. The zero-order valence-electron chi connectivity index (χ0n) is 17.9. The molecule has 0 saturated carbocycles. The predicted octanol–water partition coefficient (Wildman–Crippen LogP) is 3.36. The van der Waals surface area contributed by atoms with Crippen molar-refractivity contribution in [1.82, 2.24) is 5.32 Å². The molecule has 1 unspecified atom stereocenters. The van der Waals surface area contributed by atoms with Crippen LogP contribution in [0.4, 0.5) is 0 Å². The lowest BCUT2D eigenvalue weighted by Crippen LogP contribution is -2.46. The third kappa shape index (κ3) is 4.66. The number of carbonyl (C=O) groups is 2. The SMILES string of the molecule is Cc1cc(OC(C)C(=O)N[C@@H](CC(C)C)C(=O)O)c2c3c(c(=O)oc2c1)CCCC3. The monoisotopic (exact) mass is 415 g/mol. The largest absolute Gasteiger partial charge is 0.480 e. The Labute approximate surface area is 175 Å². The molecular weight excluding hydrogens is 386 g/mol. The van der Waals surface area contributed by atoms with E-state index in [2.05, 4.69) is 5.32 Å². The molecule has 7 nitrogen and oxygen atoms in total. The Morgan fingerprint density at radius 2 is 1.83 bits per heavy atom. The first-order valence-corrected chi connectivity index (χ1v) is 10.5. The first-order valence-electron chi connectivity index (χ1n) is 10.5. The number of carboxylic acids is 1. The van der Waals surface area contributed by atoms with Gasteiger partial charge < -0.3 is 19.6 Å². The molecule has 0 saturated heterocycles. The van der Waals surface area contributed by atoms with Crippen LogP contribution in [-0.2, 0) is 22.4 Å². The smallest absolute Gasteiger partial charge is 0.339 e. The fourth-order valence-electron chi connectivity index (χ4n) is 3.99. The van der Waals surface area contributed by atoms with Crippen LogP contribution in [0.2, 0.25) is 0 Å². The van der Waals surface area contributed by atoms with Gasteiger partial charge in [0.25, 0.3) is 5.91 Å². The van der Waals surface area contributed by atoms with Crippen molar-refractivity contribution in [2.24, 2.45) is 5.92 Å². The molecule has 1 aromatic heterocycles. The summed E-state index contributed by atoms with van der Waals surface area (Å²) in [6, 6.07) is 2.65. The second-order valence-corrected chi connectivity index (χ2v) is 8.48. The predicted molar refractivity (Wildman–Crippen MR) is 113 cm³/mol. The highest BCUT2D eigenvalue weighted by atomic mass is 16.5. The van der Waals surface area contributed by atoms with E-state index in [1.54, 1.807) is 13.0 Å². The second-order valence-electron chi connectivity index (χ2n) is 8.48. The van der Waals surface area contributed by atoms with Gasteiger partial charge >= 0.3 is 11.6 Å². The maximum absolute atomic E-state index is 12.6. The van der Waals surface area contributed by atoms with Crippen LogP contribution < -0.4 is 15.7 Å². The van der Waals surface area contributed by atoms with E-state index in [0.29, 0.717) is 29.7 Å². The molecule has 1 aromatic carbocycles. The standard InChI is InChI=1S/C23H29NO6/c1-12(2)9-17(22(26)27)24-21(25)14(4)29-18-10-13(3)11-19-20(18)15-7-5-6-8-16(15)23(28)30-19/h10-12,14,17H,5-9H2,1-4H3,(H,24,25)(H,26,27)/t14?,17-/m0/s1. The van der Waals surface area contributed by atoms with E-state index in [1.165, 1.54) is 0 Å². The van der Waals surface area contributed by atoms with Crippen LogP contribution in [0.15, 0.2) is 21.3 Å². The molecule has 0 aliphatic heterocycles. The number of aryl methyl sites for hydroxylation is 2. The number of fused-ring (bicyclic) bond motifs is 3. The second kappa shape index (κ2) is 8.90. The highest BCUT2D eigenvalue weighted by molar-refractivity contribution is 5.90. The van der Waals surface area contributed by atoms with E-state index < -0.39 is 24.0 Å². The molecule has 162 valence electrons. The van der Waals surface area contributed by atoms with Crippen LogP contribution in [0.5, 0.6) is 5.75 Å². The van der Waals surface area contributed by atoms with Crippen LogP contribution in [0.25, 0.3) is 11.0 Å². The van der Waals surface area contributed by atoms with E-state index in [1.807, 2.05) is 26.8 Å². The first-order chi connectivity index (χ1) is 14.2. The molecule has 7 heteroatoms. The van der Waals surface area contributed by atoms with E-state index in [4.69, 9.17) is 9.15 Å². The Bertz CT molecular complexity index is 1020. The van der Waals surface area contributed by atoms with Crippen molar-refractivity contribution in [3.05, 3.63) is 39.2 Å². The lowest BCUT2D eigenvalue weighted by atomic mass is 9.90. The topological polar surface area (TPSA) is 106 Å². The molecule has 0 spiro atoms. The Morgan fingerprint density at radius 1 is 1.17 bits per heavy atom. The molecule has 2 N–H and O–H groups in total. The molecule has 1 amide bonds. The minimum absolute atomic E-state index is 0.123. The number of carbonyl (C=O) groups excluding carboxylic acids is 1. The fraction of sp³-hybridized carbons (Fsp3) is 0.522. The Kier molecular flexibility index (Phi) is 6.48. The van der Waals surface area contributed by atoms with Gasteiger partial charge in [0.1, 0.15) is 17.4 Å². The molecule has 0 fully saturated rings. The molecule has 1 aliphatic rings. The zero-order chi connectivity index (χ0) is 22.0. The van der Waals surface area contributed by atoms with Crippen molar-refractivity contribution in [3.8, 4) is 5.75 Å². The normalized spacial score (nSPS) is 15.5. The van der Waals surface area contributed by atoms with Gasteiger partial charge in [-0.1, -0.05) is 13.8 Å². The first kappa shape index (κ1) is 21.9. The van der Waals surface area contributed by atoms with Crippen molar-refractivity contribution in [2.75, 3.05) is 0 Å². The Morgan fingerprint density at radius 3 is 2.47 bits per heavy atom. The van der Waals surface area contributed by atoms with Gasteiger partial charge in [-0.25, -0.2) is 9.59 Å². The summed E-state index contributed by atoms with van der Waals surface area (Å²) in [4.78, 5) is 36.5. The number of nitrogens with one attached hydrogen (secondary N) is 1. The minimum atomic E-state index is -1.07. The van der Waals surface area contributed by atoms with Crippen molar-refractivity contribution in [2.45, 2.75) is 71.9 Å². The average molecular weight is 415 g/mol. The van der Waals surface area contributed by atoms with E-state index in [0.717, 1.165) is 35.8 Å². The molecule has 1 heterocycles. The highest BCUT2D eigenvalue weighted by Crippen LogP contribution is 2.35. The number of aliphatic carboxylic acids is 1. The number of hydrogen-bond acceptors (Lipinski definition) is 5. The molecular formula is C23H29NO6. The number of rotatable bonds is 7. The molecule has 3 rings (SSSR count). The highest BCUT2D eigenvalue weighted by Gasteiger charge is 2.26. The van der Waals surface area contributed by atoms with Gasteiger partial charge in [-0.05, 0) is 75.1 Å². The number of carboxylic acid groups (broad SMARTS) is 1. The molecule has 0 radical (unpaired) electrons. The lowest BCUT2D eigenvalue weighted by molar-refractivity contribution is -0.143. The van der Waals surface area contributed by atoms with Crippen molar-refractivity contribution in [1.29, 1.82) is 0 Å². The van der Waals surface area contributed by atoms with Gasteiger partial charge in [-0.15, -0.1) is 0 Å². The summed E-state index contributed by atoms with van der Waals surface area (Å²) in [6.07, 6.45) is 2.77. The van der Waals surface area contributed by atoms with Crippen LogP contribution in [0.3, 0.4) is 0 Å². The van der Waals surface area contributed by atoms with E-state index in [9.17, 15) is 19.5 Å². The number of amides is 1. The summed E-state index contributed by atoms with van der Waals surface area (Å²) >= 11 is 0. The maximum atomic E-state index is 12.6. The fourth-order valence-corrected chi connectivity index (χ4v) is 3.99. The van der Waals surface area contributed by atoms with Gasteiger partial charge in [-0.3, -0.25) is 4.79 Å². The van der Waals surface area contributed by atoms with Gasteiger partial charge in [0.2, 0.25) is 0 Å². The van der Waals surface area contributed by atoms with Crippen LogP contribution >= 0.6 is 0 Å². The number of ether oxygens (including phenoxy) is 1. The van der Waals surface area contributed by atoms with Gasteiger partial charge in [0.15, 0.2) is 6.10 Å². The summed E-state index contributed by atoms with van der Waals surface area (Å²) in [5.74, 6) is -0.965. The summed E-state index contributed by atoms with van der Waals surface area (Å²) in [6.45, 7) is 7.25. The zero-order valence-corrected chi connectivity index (χ0v) is 17.9. The Balaban J connectivity index is 1.92. The molecule has 0 bridgehead atoms. The molecule has 30 heavy (non-hydrogen) atoms. The summed E-state index contributed by atoms with van der Waals surface area (Å²) in [5, 5.41) is 12.7. The number of benzene rings is 1. The van der Waals surface area contributed by atoms with Gasteiger partial charge in [0, 0.05) is 5.56 Å². The maximum Gasteiger partial charge on any atom is 0.339 e. The van der Waals surface area contributed by atoms with Crippen LogP contribution in [-0.4, -0.2) is 29.1 Å². The summed E-state index contributed by atoms with van der Waals surface area (Å²) in [7, 11) is 0. The van der Waals surface area contributed by atoms with Gasteiger partial charge in [0.05, 0.1) is 5.39 Å². The molecule has 2 aromatic rings.